The highest BCUT2D eigenvalue weighted by molar-refractivity contribution is 5.77. The number of benzene rings is 2. The van der Waals surface area contributed by atoms with Crippen LogP contribution in [0, 0.1) is 10.1 Å². The Kier molecular flexibility index (Phi) is 4.58. The third-order valence-corrected chi connectivity index (χ3v) is 4.29. The predicted molar refractivity (Wildman–Crippen MR) is 95.3 cm³/mol. The van der Waals surface area contributed by atoms with Crippen LogP contribution in [0.15, 0.2) is 53.3 Å². The number of H-pyrrole nitrogens is 1. The van der Waals surface area contributed by atoms with Gasteiger partial charge < -0.3 is 4.98 Å². The molecule has 0 aliphatic rings. The lowest BCUT2D eigenvalue weighted by atomic mass is 10.1. The minimum Gasteiger partial charge on any atom is -0.309 e. The topological polar surface area (TPSA) is 92.1 Å². The van der Waals surface area contributed by atoms with Gasteiger partial charge in [-0.15, -0.1) is 0 Å². The molecule has 0 spiro atoms. The molecular weight excluding hydrogens is 320 g/mol. The second-order valence-electron chi connectivity index (χ2n) is 5.97. The number of nitro groups is 1. The molecule has 0 fully saturated rings. The maximum atomic E-state index is 12.2. The summed E-state index contributed by atoms with van der Waals surface area (Å²) in [5.41, 5.74) is 1.38. The Morgan fingerprint density at radius 3 is 2.76 bits per heavy atom. The quantitative estimate of drug-likeness (QED) is 0.570. The van der Waals surface area contributed by atoms with Gasteiger partial charge in [0.1, 0.15) is 5.82 Å². The van der Waals surface area contributed by atoms with Gasteiger partial charge in [-0.1, -0.05) is 24.3 Å². The number of hydrogen-bond acceptors (Lipinski definition) is 5. The molecule has 0 aliphatic carbocycles. The van der Waals surface area contributed by atoms with E-state index in [4.69, 9.17) is 0 Å². The van der Waals surface area contributed by atoms with E-state index >= 15 is 0 Å². The maximum absolute atomic E-state index is 12.2. The van der Waals surface area contributed by atoms with Crippen molar-refractivity contribution < 1.29 is 4.92 Å². The van der Waals surface area contributed by atoms with Crippen LogP contribution in [0.25, 0.3) is 10.9 Å². The van der Waals surface area contributed by atoms with Crippen LogP contribution in [0.2, 0.25) is 0 Å². The lowest BCUT2D eigenvalue weighted by Crippen LogP contribution is -2.25. The van der Waals surface area contributed by atoms with Crippen molar-refractivity contribution in [1.82, 2.24) is 14.9 Å². The van der Waals surface area contributed by atoms with Crippen molar-refractivity contribution >= 4 is 16.6 Å². The third-order valence-electron chi connectivity index (χ3n) is 4.29. The van der Waals surface area contributed by atoms with Gasteiger partial charge in [-0.25, -0.2) is 4.98 Å². The Morgan fingerprint density at radius 1 is 1.24 bits per heavy atom. The fraction of sp³-hybridized carbons (Fsp3) is 0.222. The molecule has 25 heavy (non-hydrogen) atoms. The van der Waals surface area contributed by atoms with Crippen LogP contribution in [0.1, 0.15) is 24.4 Å². The summed E-state index contributed by atoms with van der Waals surface area (Å²) < 4.78 is 0. The standard InChI is InChI=1S/C18H18N4O3/c1-12(13-6-5-7-14(10-13)22(24)25)21(2)11-17-19-16-9-4-3-8-15(16)18(23)20-17/h3-10,12H,11H2,1-2H3,(H,19,20,23)/t12-/m0/s1. The summed E-state index contributed by atoms with van der Waals surface area (Å²) in [6, 6.07) is 13.7. The van der Waals surface area contributed by atoms with Gasteiger partial charge in [-0.05, 0) is 31.7 Å². The van der Waals surface area contributed by atoms with E-state index in [0.717, 1.165) is 5.56 Å². The summed E-state index contributed by atoms with van der Waals surface area (Å²) in [4.78, 5) is 32.0. The van der Waals surface area contributed by atoms with Crippen molar-refractivity contribution in [3.8, 4) is 0 Å². The van der Waals surface area contributed by atoms with E-state index < -0.39 is 4.92 Å². The highest BCUT2D eigenvalue weighted by Crippen LogP contribution is 2.23. The summed E-state index contributed by atoms with van der Waals surface area (Å²) in [6.45, 7) is 2.38. The molecular formula is C18H18N4O3. The van der Waals surface area contributed by atoms with Crippen LogP contribution >= 0.6 is 0 Å². The molecule has 0 aliphatic heterocycles. The zero-order valence-corrected chi connectivity index (χ0v) is 14.0. The molecule has 1 aromatic heterocycles. The molecule has 0 radical (unpaired) electrons. The van der Waals surface area contributed by atoms with Crippen molar-refractivity contribution in [1.29, 1.82) is 0 Å². The van der Waals surface area contributed by atoms with Gasteiger partial charge in [-0.3, -0.25) is 19.8 Å². The first-order chi connectivity index (χ1) is 12.0. The smallest absolute Gasteiger partial charge is 0.269 e. The predicted octanol–water partition coefficient (Wildman–Crippen LogP) is 3.02. The number of hydrogen-bond donors (Lipinski definition) is 1. The molecule has 0 unspecified atom stereocenters. The average Bonchev–Trinajstić information content (AvgIpc) is 2.61. The molecule has 128 valence electrons. The molecule has 3 aromatic rings. The first-order valence-corrected chi connectivity index (χ1v) is 7.88. The Morgan fingerprint density at radius 2 is 2.00 bits per heavy atom. The Labute approximate surface area is 144 Å². The van der Waals surface area contributed by atoms with Gasteiger partial charge in [0.05, 0.1) is 22.4 Å². The van der Waals surface area contributed by atoms with Crippen molar-refractivity contribution in [3.05, 3.63) is 80.4 Å². The lowest BCUT2D eigenvalue weighted by Gasteiger charge is -2.24. The first kappa shape index (κ1) is 16.8. The minimum atomic E-state index is -0.404. The molecule has 1 atom stereocenters. The molecule has 0 bridgehead atoms. The monoisotopic (exact) mass is 338 g/mol. The summed E-state index contributed by atoms with van der Waals surface area (Å²) in [6.07, 6.45) is 0. The average molecular weight is 338 g/mol. The number of aromatic amines is 1. The van der Waals surface area contributed by atoms with Crippen molar-refractivity contribution in [2.75, 3.05) is 7.05 Å². The van der Waals surface area contributed by atoms with Crippen molar-refractivity contribution in [2.45, 2.75) is 19.5 Å². The molecule has 1 heterocycles. The van der Waals surface area contributed by atoms with Gasteiger partial charge in [0.15, 0.2) is 0 Å². The highest BCUT2D eigenvalue weighted by Gasteiger charge is 2.16. The van der Waals surface area contributed by atoms with Crippen LogP contribution in [0.5, 0.6) is 0 Å². The van der Waals surface area contributed by atoms with E-state index in [0.29, 0.717) is 23.3 Å². The minimum absolute atomic E-state index is 0.0648. The summed E-state index contributed by atoms with van der Waals surface area (Å²) in [5.74, 6) is 0.559. The normalized spacial score (nSPS) is 12.4. The van der Waals surface area contributed by atoms with Crippen LogP contribution in [-0.2, 0) is 6.54 Å². The second kappa shape index (κ2) is 6.82. The van der Waals surface area contributed by atoms with E-state index in [1.807, 2.05) is 31.0 Å². The number of nitrogens with zero attached hydrogens (tertiary/aromatic N) is 3. The van der Waals surface area contributed by atoms with Gasteiger partial charge >= 0.3 is 0 Å². The van der Waals surface area contributed by atoms with Crippen LogP contribution < -0.4 is 5.56 Å². The number of fused-ring (bicyclic) bond motifs is 1. The zero-order chi connectivity index (χ0) is 18.0. The van der Waals surface area contributed by atoms with E-state index in [9.17, 15) is 14.9 Å². The molecule has 7 nitrogen and oxygen atoms in total. The number of rotatable bonds is 5. The lowest BCUT2D eigenvalue weighted by molar-refractivity contribution is -0.384. The Balaban J connectivity index is 1.84. The van der Waals surface area contributed by atoms with E-state index in [-0.39, 0.29) is 17.3 Å². The summed E-state index contributed by atoms with van der Waals surface area (Å²) in [7, 11) is 1.89. The summed E-state index contributed by atoms with van der Waals surface area (Å²) in [5, 5.41) is 11.5. The third kappa shape index (κ3) is 3.56. The summed E-state index contributed by atoms with van der Waals surface area (Å²) >= 11 is 0. The molecule has 7 heteroatoms. The Bertz CT molecular complexity index is 983. The molecule has 0 amide bonds. The van der Waals surface area contributed by atoms with Gasteiger partial charge in [0.2, 0.25) is 0 Å². The second-order valence-corrected chi connectivity index (χ2v) is 5.97. The number of non-ortho nitro benzene ring substituents is 1. The van der Waals surface area contributed by atoms with E-state index in [2.05, 4.69) is 9.97 Å². The van der Waals surface area contributed by atoms with Crippen molar-refractivity contribution in [2.24, 2.45) is 0 Å². The number of nitro benzene ring substituents is 1. The molecule has 0 saturated carbocycles. The van der Waals surface area contributed by atoms with Gasteiger partial charge in [0.25, 0.3) is 11.2 Å². The fourth-order valence-electron chi connectivity index (χ4n) is 2.74. The zero-order valence-electron chi connectivity index (χ0n) is 14.0. The van der Waals surface area contributed by atoms with Crippen molar-refractivity contribution in [3.63, 3.8) is 0 Å². The van der Waals surface area contributed by atoms with Gasteiger partial charge in [-0.2, -0.15) is 0 Å². The van der Waals surface area contributed by atoms with Crippen LogP contribution in [-0.4, -0.2) is 26.8 Å². The van der Waals surface area contributed by atoms with E-state index in [1.54, 1.807) is 30.3 Å². The number of para-hydroxylation sites is 1. The van der Waals surface area contributed by atoms with E-state index in [1.165, 1.54) is 6.07 Å². The first-order valence-electron chi connectivity index (χ1n) is 7.88. The number of nitrogens with one attached hydrogen (secondary N) is 1. The molecule has 1 N–H and O–H groups in total. The molecule has 3 rings (SSSR count). The fourth-order valence-corrected chi connectivity index (χ4v) is 2.74. The van der Waals surface area contributed by atoms with Gasteiger partial charge in [0, 0.05) is 18.2 Å². The van der Waals surface area contributed by atoms with Crippen LogP contribution in [0.3, 0.4) is 0 Å². The number of aromatic nitrogens is 2. The largest absolute Gasteiger partial charge is 0.309 e. The molecule has 2 aromatic carbocycles. The SMILES string of the molecule is C[C@@H](c1cccc([N+](=O)[O-])c1)N(C)Cc1nc2ccccc2c(=O)[nH]1. The maximum Gasteiger partial charge on any atom is 0.269 e. The highest BCUT2D eigenvalue weighted by atomic mass is 16.6. The van der Waals surface area contributed by atoms with Crippen LogP contribution in [0.4, 0.5) is 5.69 Å². The molecule has 0 saturated heterocycles. The Hall–Kier alpha value is -3.06.